The van der Waals surface area contributed by atoms with Gasteiger partial charge in [-0.1, -0.05) is 28.9 Å². The van der Waals surface area contributed by atoms with Crippen molar-refractivity contribution in [3.8, 4) is 0 Å². The SMILES string of the molecule is CCC1(CNC(=O)c2cccc(Br)c2C)CC1. The highest BCUT2D eigenvalue weighted by Gasteiger charge is 2.40. The molecule has 17 heavy (non-hydrogen) atoms. The van der Waals surface area contributed by atoms with E-state index < -0.39 is 0 Å². The first-order valence-corrected chi connectivity index (χ1v) is 6.90. The van der Waals surface area contributed by atoms with Crippen molar-refractivity contribution in [1.82, 2.24) is 5.32 Å². The highest BCUT2D eigenvalue weighted by Crippen LogP contribution is 2.47. The fourth-order valence-electron chi connectivity index (χ4n) is 2.05. The Morgan fingerprint density at radius 2 is 2.18 bits per heavy atom. The fourth-order valence-corrected chi connectivity index (χ4v) is 2.41. The first-order valence-electron chi connectivity index (χ1n) is 6.11. The molecule has 2 nitrogen and oxygen atoms in total. The monoisotopic (exact) mass is 295 g/mol. The third-order valence-electron chi connectivity index (χ3n) is 3.84. The molecular formula is C14H18BrNO. The Hall–Kier alpha value is -0.830. The normalized spacial score (nSPS) is 16.6. The van der Waals surface area contributed by atoms with Crippen LogP contribution in [0, 0.1) is 12.3 Å². The van der Waals surface area contributed by atoms with Crippen LogP contribution in [0.15, 0.2) is 22.7 Å². The summed E-state index contributed by atoms with van der Waals surface area (Å²) in [7, 11) is 0. The van der Waals surface area contributed by atoms with Crippen molar-refractivity contribution in [3.63, 3.8) is 0 Å². The van der Waals surface area contributed by atoms with Gasteiger partial charge < -0.3 is 5.32 Å². The highest BCUT2D eigenvalue weighted by atomic mass is 79.9. The van der Waals surface area contributed by atoms with Gasteiger partial charge in [0.25, 0.3) is 5.91 Å². The van der Waals surface area contributed by atoms with Gasteiger partial charge in [-0.15, -0.1) is 0 Å². The Morgan fingerprint density at radius 3 is 2.76 bits per heavy atom. The Bertz CT molecular complexity index is 438. The first-order chi connectivity index (χ1) is 8.08. The van der Waals surface area contributed by atoms with Gasteiger partial charge in [-0.05, 0) is 49.3 Å². The van der Waals surface area contributed by atoms with Crippen LogP contribution in [0.3, 0.4) is 0 Å². The van der Waals surface area contributed by atoms with E-state index in [1.54, 1.807) is 0 Å². The number of amides is 1. The minimum atomic E-state index is 0.0449. The Kier molecular flexibility index (Phi) is 3.57. The molecule has 1 aliphatic carbocycles. The maximum absolute atomic E-state index is 12.1. The molecule has 92 valence electrons. The van der Waals surface area contributed by atoms with Crippen LogP contribution in [0.4, 0.5) is 0 Å². The summed E-state index contributed by atoms with van der Waals surface area (Å²) >= 11 is 3.45. The lowest BCUT2D eigenvalue weighted by Crippen LogP contribution is -2.30. The van der Waals surface area contributed by atoms with Crippen LogP contribution in [0.25, 0.3) is 0 Å². The molecule has 1 aromatic carbocycles. The second-order valence-corrected chi connectivity index (χ2v) is 5.80. The van der Waals surface area contributed by atoms with E-state index in [1.165, 1.54) is 12.8 Å². The molecule has 1 fully saturated rings. The topological polar surface area (TPSA) is 29.1 Å². The molecule has 1 aromatic rings. The number of benzene rings is 1. The zero-order valence-electron chi connectivity index (χ0n) is 10.3. The maximum atomic E-state index is 12.1. The number of hydrogen-bond acceptors (Lipinski definition) is 1. The molecule has 0 saturated heterocycles. The lowest BCUT2D eigenvalue weighted by Gasteiger charge is -2.14. The molecule has 0 aliphatic heterocycles. The van der Waals surface area contributed by atoms with E-state index in [2.05, 4.69) is 28.2 Å². The van der Waals surface area contributed by atoms with E-state index >= 15 is 0 Å². The molecule has 0 heterocycles. The first kappa shape index (κ1) is 12.6. The molecule has 3 heteroatoms. The van der Waals surface area contributed by atoms with Gasteiger partial charge in [-0.3, -0.25) is 4.79 Å². The zero-order valence-corrected chi connectivity index (χ0v) is 11.9. The molecule has 1 saturated carbocycles. The number of nitrogens with one attached hydrogen (secondary N) is 1. The summed E-state index contributed by atoms with van der Waals surface area (Å²) in [5.74, 6) is 0.0449. The van der Waals surface area contributed by atoms with Crippen molar-refractivity contribution in [2.45, 2.75) is 33.1 Å². The molecule has 0 atom stereocenters. The smallest absolute Gasteiger partial charge is 0.251 e. The van der Waals surface area contributed by atoms with E-state index in [0.717, 1.165) is 28.6 Å². The van der Waals surface area contributed by atoms with Gasteiger partial charge in [0, 0.05) is 16.6 Å². The van der Waals surface area contributed by atoms with Gasteiger partial charge in [0.1, 0.15) is 0 Å². The molecule has 1 N–H and O–H groups in total. The largest absolute Gasteiger partial charge is 0.351 e. The van der Waals surface area contributed by atoms with Crippen molar-refractivity contribution >= 4 is 21.8 Å². The van der Waals surface area contributed by atoms with E-state index in [1.807, 2.05) is 25.1 Å². The number of hydrogen-bond donors (Lipinski definition) is 1. The lowest BCUT2D eigenvalue weighted by molar-refractivity contribution is 0.0943. The summed E-state index contributed by atoms with van der Waals surface area (Å²) in [5.41, 5.74) is 2.17. The zero-order chi connectivity index (χ0) is 12.5. The Balaban J connectivity index is 2.02. The summed E-state index contributed by atoms with van der Waals surface area (Å²) in [6.45, 7) is 4.98. The van der Waals surface area contributed by atoms with Gasteiger partial charge in [-0.25, -0.2) is 0 Å². The third kappa shape index (κ3) is 2.71. The van der Waals surface area contributed by atoms with Gasteiger partial charge in [0.05, 0.1) is 0 Å². The molecule has 2 rings (SSSR count). The van der Waals surface area contributed by atoms with Gasteiger partial charge in [0.2, 0.25) is 0 Å². The Labute approximate surface area is 111 Å². The van der Waals surface area contributed by atoms with Crippen LogP contribution in [0.2, 0.25) is 0 Å². The van der Waals surface area contributed by atoms with Gasteiger partial charge in [-0.2, -0.15) is 0 Å². The van der Waals surface area contributed by atoms with Crippen molar-refractivity contribution in [3.05, 3.63) is 33.8 Å². The summed E-state index contributed by atoms with van der Waals surface area (Å²) < 4.78 is 0.988. The predicted molar refractivity (Wildman–Crippen MR) is 73.2 cm³/mol. The van der Waals surface area contributed by atoms with Crippen molar-refractivity contribution in [2.75, 3.05) is 6.54 Å². The van der Waals surface area contributed by atoms with Crippen molar-refractivity contribution in [2.24, 2.45) is 5.41 Å². The standard InChI is InChI=1S/C14H18BrNO/c1-3-14(7-8-14)9-16-13(17)11-5-4-6-12(15)10(11)2/h4-6H,3,7-9H2,1-2H3,(H,16,17). The lowest BCUT2D eigenvalue weighted by atomic mass is 10.0. The molecule has 0 unspecified atom stereocenters. The van der Waals surface area contributed by atoms with Crippen LogP contribution < -0.4 is 5.32 Å². The summed E-state index contributed by atoms with van der Waals surface area (Å²) in [4.78, 5) is 12.1. The molecule has 0 spiro atoms. The van der Waals surface area contributed by atoms with Crippen molar-refractivity contribution < 1.29 is 4.79 Å². The molecule has 0 bridgehead atoms. The Morgan fingerprint density at radius 1 is 1.47 bits per heavy atom. The van der Waals surface area contributed by atoms with Crippen LogP contribution in [-0.2, 0) is 0 Å². The van der Waals surface area contributed by atoms with Crippen LogP contribution in [-0.4, -0.2) is 12.5 Å². The average Bonchev–Trinajstić information content (AvgIpc) is 3.10. The molecule has 1 amide bonds. The minimum absolute atomic E-state index is 0.0449. The average molecular weight is 296 g/mol. The summed E-state index contributed by atoms with van der Waals surface area (Å²) in [6.07, 6.45) is 3.66. The maximum Gasteiger partial charge on any atom is 0.251 e. The van der Waals surface area contributed by atoms with Crippen LogP contribution in [0.5, 0.6) is 0 Å². The minimum Gasteiger partial charge on any atom is -0.351 e. The quantitative estimate of drug-likeness (QED) is 0.902. The number of halogens is 1. The van der Waals surface area contributed by atoms with Crippen LogP contribution >= 0.6 is 15.9 Å². The van der Waals surface area contributed by atoms with Gasteiger partial charge in [0.15, 0.2) is 0 Å². The highest BCUT2D eigenvalue weighted by molar-refractivity contribution is 9.10. The third-order valence-corrected chi connectivity index (χ3v) is 4.70. The number of carbonyl (C=O) groups is 1. The molecule has 0 radical (unpaired) electrons. The molecular weight excluding hydrogens is 278 g/mol. The second kappa shape index (κ2) is 4.81. The van der Waals surface area contributed by atoms with E-state index in [4.69, 9.17) is 0 Å². The van der Waals surface area contributed by atoms with E-state index in [0.29, 0.717) is 5.41 Å². The van der Waals surface area contributed by atoms with E-state index in [-0.39, 0.29) is 5.91 Å². The number of rotatable bonds is 4. The van der Waals surface area contributed by atoms with E-state index in [9.17, 15) is 4.79 Å². The second-order valence-electron chi connectivity index (χ2n) is 4.95. The van der Waals surface area contributed by atoms with Crippen LogP contribution in [0.1, 0.15) is 42.1 Å². The summed E-state index contributed by atoms with van der Waals surface area (Å²) in [5, 5.41) is 3.06. The summed E-state index contributed by atoms with van der Waals surface area (Å²) in [6, 6.07) is 5.74. The molecule has 1 aliphatic rings. The number of carbonyl (C=O) groups excluding carboxylic acids is 1. The van der Waals surface area contributed by atoms with Crippen molar-refractivity contribution in [1.29, 1.82) is 0 Å². The fraction of sp³-hybridized carbons (Fsp3) is 0.500. The molecule has 0 aromatic heterocycles. The predicted octanol–water partition coefficient (Wildman–Crippen LogP) is 3.68. The van der Waals surface area contributed by atoms with Gasteiger partial charge >= 0.3 is 0 Å².